The molecular weight excluding hydrogens is 267 g/mol. The Morgan fingerprint density at radius 2 is 2.10 bits per heavy atom. The molecule has 0 spiro atoms. The maximum atomic E-state index is 13.2. The number of halogens is 3. The molecule has 6 heteroatoms. The Balaban J connectivity index is 2.11. The van der Waals surface area contributed by atoms with E-state index in [9.17, 15) is 13.2 Å². The molecule has 0 amide bonds. The summed E-state index contributed by atoms with van der Waals surface area (Å²) in [5, 5.41) is 7.36. The molecule has 3 unspecified atom stereocenters. The summed E-state index contributed by atoms with van der Waals surface area (Å²) in [5.41, 5.74) is 0.846. The Labute approximate surface area is 117 Å². The molecule has 1 fully saturated rings. The number of nitrogens with one attached hydrogen (secondary N) is 1. The van der Waals surface area contributed by atoms with Crippen LogP contribution in [0, 0.1) is 11.8 Å². The SMILES string of the molecule is CNC(Cc1ccn(C)n1)C1CCCCC1C(F)(F)F. The van der Waals surface area contributed by atoms with Gasteiger partial charge in [0.15, 0.2) is 0 Å². The molecule has 1 aromatic rings. The molecule has 1 N–H and O–H groups in total. The highest BCUT2D eigenvalue weighted by Gasteiger charge is 2.47. The second-order valence-corrected chi connectivity index (χ2v) is 5.68. The van der Waals surface area contributed by atoms with Gasteiger partial charge >= 0.3 is 6.18 Å². The van der Waals surface area contributed by atoms with Crippen molar-refractivity contribution in [3.63, 3.8) is 0 Å². The molecule has 0 saturated heterocycles. The van der Waals surface area contributed by atoms with E-state index in [0.29, 0.717) is 19.3 Å². The molecular formula is C14H22F3N3. The quantitative estimate of drug-likeness (QED) is 0.923. The minimum atomic E-state index is -4.09. The third-order valence-corrected chi connectivity index (χ3v) is 4.33. The van der Waals surface area contributed by atoms with Gasteiger partial charge in [-0.25, -0.2) is 0 Å². The van der Waals surface area contributed by atoms with Gasteiger partial charge in [0.05, 0.1) is 11.6 Å². The Morgan fingerprint density at radius 3 is 2.65 bits per heavy atom. The first-order valence-electron chi connectivity index (χ1n) is 7.14. The van der Waals surface area contributed by atoms with Gasteiger partial charge in [-0.3, -0.25) is 4.68 Å². The highest BCUT2D eigenvalue weighted by atomic mass is 19.4. The van der Waals surface area contributed by atoms with Crippen LogP contribution in [0.4, 0.5) is 13.2 Å². The first-order chi connectivity index (χ1) is 9.41. The summed E-state index contributed by atoms with van der Waals surface area (Å²) in [4.78, 5) is 0. The summed E-state index contributed by atoms with van der Waals surface area (Å²) in [7, 11) is 3.56. The van der Waals surface area contributed by atoms with Crippen LogP contribution >= 0.6 is 0 Å². The average molecular weight is 289 g/mol. The number of likely N-dealkylation sites (N-methyl/N-ethyl adjacent to an activating group) is 1. The Bertz CT molecular complexity index is 428. The molecule has 0 radical (unpaired) electrons. The van der Waals surface area contributed by atoms with E-state index in [2.05, 4.69) is 10.4 Å². The predicted molar refractivity (Wildman–Crippen MR) is 71.3 cm³/mol. The van der Waals surface area contributed by atoms with E-state index in [-0.39, 0.29) is 18.4 Å². The van der Waals surface area contributed by atoms with Crippen LogP contribution in [0.1, 0.15) is 31.4 Å². The standard InChI is InChI=1S/C14H22F3N3/c1-18-13(9-10-7-8-20(2)19-10)11-5-3-4-6-12(11)14(15,16)17/h7-8,11-13,18H,3-6,9H2,1-2H3. The molecule has 20 heavy (non-hydrogen) atoms. The number of hydrogen-bond acceptors (Lipinski definition) is 2. The second-order valence-electron chi connectivity index (χ2n) is 5.68. The normalized spacial score (nSPS) is 25.6. The monoisotopic (exact) mass is 289 g/mol. The summed E-state index contributed by atoms with van der Waals surface area (Å²) in [5.74, 6) is -1.53. The number of aryl methyl sites for hydroxylation is 1. The minimum absolute atomic E-state index is 0.170. The van der Waals surface area contributed by atoms with Gasteiger partial charge in [-0.2, -0.15) is 18.3 Å². The van der Waals surface area contributed by atoms with Crippen LogP contribution in [0.25, 0.3) is 0 Å². The molecule has 1 aromatic heterocycles. The molecule has 1 aliphatic carbocycles. The van der Waals surface area contributed by atoms with Crippen molar-refractivity contribution in [2.24, 2.45) is 18.9 Å². The fraction of sp³-hybridized carbons (Fsp3) is 0.786. The Morgan fingerprint density at radius 1 is 1.40 bits per heavy atom. The smallest absolute Gasteiger partial charge is 0.316 e. The lowest BCUT2D eigenvalue weighted by Gasteiger charge is -2.38. The summed E-state index contributed by atoms with van der Waals surface area (Å²) < 4.78 is 41.2. The van der Waals surface area contributed by atoms with Crippen molar-refractivity contribution >= 4 is 0 Å². The fourth-order valence-corrected chi connectivity index (χ4v) is 3.31. The molecule has 2 rings (SSSR count). The molecule has 1 heterocycles. The maximum Gasteiger partial charge on any atom is 0.392 e. The lowest BCUT2D eigenvalue weighted by molar-refractivity contribution is -0.199. The van der Waals surface area contributed by atoms with Gasteiger partial charge in [-0.05, 0) is 31.9 Å². The zero-order valence-corrected chi connectivity index (χ0v) is 12.0. The van der Waals surface area contributed by atoms with Crippen molar-refractivity contribution in [1.29, 1.82) is 0 Å². The van der Waals surface area contributed by atoms with Crippen molar-refractivity contribution in [3.8, 4) is 0 Å². The van der Waals surface area contributed by atoms with Crippen LogP contribution in [0.2, 0.25) is 0 Å². The number of hydrogen-bond donors (Lipinski definition) is 1. The number of nitrogens with zero attached hydrogens (tertiary/aromatic N) is 2. The molecule has 3 atom stereocenters. The average Bonchev–Trinajstić information content (AvgIpc) is 2.80. The van der Waals surface area contributed by atoms with E-state index in [1.165, 1.54) is 0 Å². The van der Waals surface area contributed by atoms with Crippen LogP contribution in [0.5, 0.6) is 0 Å². The summed E-state index contributed by atoms with van der Waals surface area (Å²) in [6, 6.07) is 1.70. The second kappa shape index (κ2) is 6.16. The molecule has 0 aromatic carbocycles. The van der Waals surface area contributed by atoms with Gasteiger partial charge in [0, 0.05) is 25.7 Å². The first kappa shape index (κ1) is 15.4. The van der Waals surface area contributed by atoms with E-state index >= 15 is 0 Å². The van der Waals surface area contributed by atoms with E-state index in [1.54, 1.807) is 11.7 Å². The van der Waals surface area contributed by atoms with E-state index in [4.69, 9.17) is 0 Å². The highest BCUT2D eigenvalue weighted by Crippen LogP contribution is 2.43. The van der Waals surface area contributed by atoms with Crippen LogP contribution in [0.3, 0.4) is 0 Å². The zero-order chi connectivity index (χ0) is 14.8. The van der Waals surface area contributed by atoms with Gasteiger partial charge in [-0.1, -0.05) is 12.8 Å². The van der Waals surface area contributed by atoms with Crippen molar-refractivity contribution in [1.82, 2.24) is 15.1 Å². The topological polar surface area (TPSA) is 29.9 Å². The molecule has 1 aliphatic rings. The largest absolute Gasteiger partial charge is 0.392 e. The predicted octanol–water partition coefficient (Wildman–Crippen LogP) is 2.92. The number of rotatable bonds is 4. The summed E-state index contributed by atoms with van der Waals surface area (Å²) >= 11 is 0. The van der Waals surface area contributed by atoms with Crippen molar-refractivity contribution in [2.75, 3.05) is 7.05 Å². The van der Waals surface area contributed by atoms with Crippen LogP contribution in [-0.2, 0) is 13.5 Å². The third-order valence-electron chi connectivity index (χ3n) is 4.33. The lowest BCUT2D eigenvalue weighted by Crippen LogP contribution is -2.45. The van der Waals surface area contributed by atoms with Gasteiger partial charge < -0.3 is 5.32 Å². The van der Waals surface area contributed by atoms with Crippen molar-refractivity contribution in [3.05, 3.63) is 18.0 Å². The fourth-order valence-electron chi connectivity index (χ4n) is 3.31. The minimum Gasteiger partial charge on any atom is -0.316 e. The van der Waals surface area contributed by atoms with Gasteiger partial charge in [0.1, 0.15) is 0 Å². The molecule has 0 bridgehead atoms. The van der Waals surface area contributed by atoms with Crippen LogP contribution in [0.15, 0.2) is 12.3 Å². The van der Waals surface area contributed by atoms with Crippen molar-refractivity contribution < 1.29 is 13.2 Å². The zero-order valence-electron chi connectivity index (χ0n) is 12.0. The van der Waals surface area contributed by atoms with Crippen molar-refractivity contribution in [2.45, 2.75) is 44.3 Å². The Kier molecular flexibility index (Phi) is 4.73. The Hall–Kier alpha value is -1.04. The number of alkyl halides is 3. The van der Waals surface area contributed by atoms with Crippen LogP contribution < -0.4 is 5.32 Å². The highest BCUT2D eigenvalue weighted by molar-refractivity contribution is 5.03. The third kappa shape index (κ3) is 3.53. The first-order valence-corrected chi connectivity index (χ1v) is 7.14. The molecule has 3 nitrogen and oxygen atoms in total. The van der Waals surface area contributed by atoms with Gasteiger partial charge in [0.25, 0.3) is 0 Å². The number of aromatic nitrogens is 2. The van der Waals surface area contributed by atoms with E-state index < -0.39 is 12.1 Å². The van der Waals surface area contributed by atoms with Gasteiger partial charge in [0.2, 0.25) is 0 Å². The van der Waals surface area contributed by atoms with E-state index in [0.717, 1.165) is 12.1 Å². The molecule has 114 valence electrons. The lowest BCUT2D eigenvalue weighted by atomic mass is 9.73. The maximum absolute atomic E-state index is 13.2. The summed E-state index contributed by atoms with van der Waals surface area (Å²) in [6.07, 6.45) is 0.748. The van der Waals surface area contributed by atoms with E-state index in [1.807, 2.05) is 19.3 Å². The molecule has 0 aliphatic heterocycles. The van der Waals surface area contributed by atoms with Crippen LogP contribution in [-0.4, -0.2) is 29.0 Å². The van der Waals surface area contributed by atoms with Gasteiger partial charge in [-0.15, -0.1) is 0 Å². The summed E-state index contributed by atoms with van der Waals surface area (Å²) in [6.45, 7) is 0. The molecule has 1 saturated carbocycles.